The lowest BCUT2D eigenvalue weighted by atomic mass is 9.92. The molecule has 3 aromatic rings. The number of fused-ring (bicyclic) bond motifs is 3. The summed E-state index contributed by atoms with van der Waals surface area (Å²) in [5.74, 6) is 0. The van der Waals surface area contributed by atoms with E-state index >= 15 is 0 Å². The zero-order valence-corrected chi connectivity index (χ0v) is 14.5. The van der Waals surface area contributed by atoms with Gasteiger partial charge in [-0.05, 0) is 41.7 Å². The molecule has 1 atom stereocenters. The molecule has 0 saturated heterocycles. The second-order valence-electron chi connectivity index (χ2n) is 6.69. The van der Waals surface area contributed by atoms with Gasteiger partial charge in [0.25, 0.3) is 0 Å². The molecule has 0 fully saturated rings. The summed E-state index contributed by atoms with van der Waals surface area (Å²) in [4.78, 5) is 3.41. The minimum atomic E-state index is -4.39. The number of H-pyrrole nitrogens is 1. The molecular weight excluding hydrogens is 339 g/mol. The SMILES string of the molecule is CCCC1OCCc2c1[nH]c1cccc(-c3ccccc3C(F)(F)F)c21. The van der Waals surface area contributed by atoms with E-state index in [1.807, 2.05) is 12.1 Å². The van der Waals surface area contributed by atoms with Crippen molar-refractivity contribution in [3.05, 3.63) is 59.3 Å². The minimum absolute atomic E-state index is 0.0122. The van der Waals surface area contributed by atoms with Crippen LogP contribution in [0.25, 0.3) is 22.0 Å². The fraction of sp³-hybridized carbons (Fsp3) is 0.333. The number of alkyl halides is 3. The van der Waals surface area contributed by atoms with Gasteiger partial charge in [0, 0.05) is 16.6 Å². The quantitative estimate of drug-likeness (QED) is 0.586. The lowest BCUT2D eigenvalue weighted by Crippen LogP contribution is -2.15. The van der Waals surface area contributed by atoms with Crippen molar-refractivity contribution in [3.63, 3.8) is 0 Å². The summed E-state index contributed by atoms with van der Waals surface area (Å²) in [7, 11) is 0. The Bertz CT molecular complexity index is 942. The van der Waals surface area contributed by atoms with E-state index in [1.165, 1.54) is 6.07 Å². The van der Waals surface area contributed by atoms with Gasteiger partial charge in [0.15, 0.2) is 0 Å². The number of hydrogen-bond donors (Lipinski definition) is 1. The fourth-order valence-corrected chi connectivity index (χ4v) is 3.94. The number of hydrogen-bond acceptors (Lipinski definition) is 1. The molecule has 1 unspecified atom stereocenters. The van der Waals surface area contributed by atoms with Crippen LogP contribution in [-0.2, 0) is 17.3 Å². The molecule has 26 heavy (non-hydrogen) atoms. The molecule has 0 amide bonds. The Kier molecular flexibility index (Phi) is 4.27. The summed E-state index contributed by atoms with van der Waals surface area (Å²) >= 11 is 0. The minimum Gasteiger partial charge on any atom is -0.372 e. The van der Waals surface area contributed by atoms with Crippen LogP contribution in [-0.4, -0.2) is 11.6 Å². The van der Waals surface area contributed by atoms with Crippen molar-refractivity contribution in [2.75, 3.05) is 6.61 Å². The Morgan fingerprint density at radius 2 is 1.85 bits per heavy atom. The van der Waals surface area contributed by atoms with E-state index in [-0.39, 0.29) is 11.7 Å². The van der Waals surface area contributed by atoms with Gasteiger partial charge in [-0.25, -0.2) is 0 Å². The number of aromatic nitrogens is 1. The van der Waals surface area contributed by atoms with Gasteiger partial charge in [-0.1, -0.05) is 43.7 Å². The highest BCUT2D eigenvalue weighted by Gasteiger charge is 2.34. The van der Waals surface area contributed by atoms with Crippen molar-refractivity contribution < 1.29 is 17.9 Å². The van der Waals surface area contributed by atoms with Crippen molar-refractivity contribution in [2.24, 2.45) is 0 Å². The van der Waals surface area contributed by atoms with E-state index in [2.05, 4.69) is 11.9 Å². The smallest absolute Gasteiger partial charge is 0.372 e. The number of ether oxygens (including phenoxy) is 1. The Balaban J connectivity index is 1.97. The van der Waals surface area contributed by atoms with Gasteiger partial charge in [0.2, 0.25) is 0 Å². The highest BCUT2D eigenvalue weighted by molar-refractivity contribution is 5.99. The van der Waals surface area contributed by atoms with Crippen LogP contribution in [0.3, 0.4) is 0 Å². The lowest BCUT2D eigenvalue weighted by Gasteiger charge is -2.23. The molecule has 2 aromatic carbocycles. The molecule has 0 aliphatic carbocycles. The van der Waals surface area contributed by atoms with E-state index in [0.717, 1.165) is 41.1 Å². The maximum absolute atomic E-state index is 13.5. The van der Waals surface area contributed by atoms with E-state index in [1.54, 1.807) is 18.2 Å². The Morgan fingerprint density at radius 3 is 2.62 bits per heavy atom. The molecule has 4 rings (SSSR count). The molecule has 0 radical (unpaired) electrons. The highest BCUT2D eigenvalue weighted by atomic mass is 19.4. The summed E-state index contributed by atoms with van der Waals surface area (Å²) in [5.41, 5.74) is 3.24. The zero-order chi connectivity index (χ0) is 18.3. The van der Waals surface area contributed by atoms with E-state index in [9.17, 15) is 13.2 Å². The van der Waals surface area contributed by atoms with Crippen LogP contribution in [0.5, 0.6) is 0 Å². The molecule has 1 aromatic heterocycles. The van der Waals surface area contributed by atoms with Crippen LogP contribution in [0.15, 0.2) is 42.5 Å². The lowest BCUT2D eigenvalue weighted by molar-refractivity contribution is -0.137. The molecule has 0 bridgehead atoms. The van der Waals surface area contributed by atoms with Crippen molar-refractivity contribution in [1.82, 2.24) is 4.98 Å². The van der Waals surface area contributed by atoms with Gasteiger partial charge in [-0.15, -0.1) is 0 Å². The summed E-state index contributed by atoms with van der Waals surface area (Å²) in [6.07, 6.45) is -1.80. The number of aromatic amines is 1. The summed E-state index contributed by atoms with van der Waals surface area (Å²) in [5, 5.41) is 0.892. The predicted octanol–water partition coefficient (Wildman–Crippen LogP) is 6.27. The number of rotatable bonds is 3. The van der Waals surface area contributed by atoms with Crippen molar-refractivity contribution in [1.29, 1.82) is 0 Å². The van der Waals surface area contributed by atoms with E-state index in [0.29, 0.717) is 18.6 Å². The average molecular weight is 359 g/mol. The van der Waals surface area contributed by atoms with Crippen LogP contribution < -0.4 is 0 Å². The molecule has 2 heterocycles. The first-order valence-corrected chi connectivity index (χ1v) is 8.92. The normalized spacial score (nSPS) is 17.5. The maximum atomic E-state index is 13.5. The zero-order valence-electron chi connectivity index (χ0n) is 14.5. The van der Waals surface area contributed by atoms with Gasteiger partial charge >= 0.3 is 6.18 Å². The molecule has 136 valence electrons. The van der Waals surface area contributed by atoms with Crippen LogP contribution in [0.1, 0.15) is 42.7 Å². The first kappa shape index (κ1) is 17.2. The van der Waals surface area contributed by atoms with Crippen LogP contribution in [0, 0.1) is 0 Å². The number of benzene rings is 2. The van der Waals surface area contributed by atoms with E-state index < -0.39 is 11.7 Å². The van der Waals surface area contributed by atoms with Crippen LogP contribution in [0.4, 0.5) is 13.2 Å². The molecule has 2 nitrogen and oxygen atoms in total. The van der Waals surface area contributed by atoms with Gasteiger partial charge in [0.1, 0.15) is 0 Å². The van der Waals surface area contributed by atoms with Gasteiger partial charge < -0.3 is 9.72 Å². The third-order valence-corrected chi connectivity index (χ3v) is 5.03. The first-order chi connectivity index (χ1) is 12.5. The average Bonchev–Trinajstić information content (AvgIpc) is 3.01. The molecule has 0 spiro atoms. The number of nitrogens with one attached hydrogen (secondary N) is 1. The first-order valence-electron chi connectivity index (χ1n) is 8.92. The Hall–Kier alpha value is -2.27. The summed E-state index contributed by atoms with van der Waals surface area (Å²) in [6, 6.07) is 11.3. The van der Waals surface area contributed by atoms with Gasteiger partial charge in [0.05, 0.1) is 18.3 Å². The third kappa shape index (κ3) is 2.80. The molecule has 1 aliphatic rings. The second kappa shape index (κ2) is 6.47. The largest absolute Gasteiger partial charge is 0.417 e. The maximum Gasteiger partial charge on any atom is 0.417 e. The monoisotopic (exact) mass is 359 g/mol. The van der Waals surface area contributed by atoms with E-state index in [4.69, 9.17) is 4.74 Å². The van der Waals surface area contributed by atoms with Crippen LogP contribution >= 0.6 is 0 Å². The standard InChI is InChI=1S/C21H20F3NO/c1-2-6-18-20-15(11-12-26-18)19-14(8-5-10-17(19)25-20)13-7-3-4-9-16(13)21(22,23)24/h3-5,7-10,18,25H,2,6,11-12H2,1H3. The Labute approximate surface area is 150 Å². The topological polar surface area (TPSA) is 25.0 Å². The van der Waals surface area contributed by atoms with Gasteiger partial charge in [-0.3, -0.25) is 0 Å². The summed E-state index contributed by atoms with van der Waals surface area (Å²) < 4.78 is 46.5. The summed E-state index contributed by atoms with van der Waals surface area (Å²) in [6.45, 7) is 2.70. The van der Waals surface area contributed by atoms with Crippen molar-refractivity contribution in [3.8, 4) is 11.1 Å². The third-order valence-electron chi connectivity index (χ3n) is 5.03. The van der Waals surface area contributed by atoms with Crippen LogP contribution in [0.2, 0.25) is 0 Å². The fourth-order valence-electron chi connectivity index (χ4n) is 3.94. The van der Waals surface area contributed by atoms with Gasteiger partial charge in [-0.2, -0.15) is 13.2 Å². The predicted molar refractivity (Wildman–Crippen MR) is 96.0 cm³/mol. The molecule has 1 aliphatic heterocycles. The highest BCUT2D eigenvalue weighted by Crippen LogP contribution is 2.43. The molecule has 0 saturated carbocycles. The number of halogens is 3. The van der Waals surface area contributed by atoms with Crippen molar-refractivity contribution >= 4 is 10.9 Å². The molecular formula is C21H20F3NO. The molecule has 5 heteroatoms. The second-order valence-corrected chi connectivity index (χ2v) is 6.69. The Morgan fingerprint density at radius 1 is 1.08 bits per heavy atom. The molecule has 1 N–H and O–H groups in total. The van der Waals surface area contributed by atoms with Crippen molar-refractivity contribution in [2.45, 2.75) is 38.5 Å².